The van der Waals surface area contributed by atoms with E-state index in [4.69, 9.17) is 9.47 Å². The Morgan fingerprint density at radius 2 is 1.69 bits per heavy atom. The van der Waals surface area contributed by atoms with Crippen LogP contribution in [-0.2, 0) is 20.4 Å². The topological polar surface area (TPSA) is 35.5 Å². The van der Waals surface area contributed by atoms with Crippen LogP contribution in [0.5, 0.6) is 5.75 Å². The molecule has 1 saturated heterocycles. The summed E-state index contributed by atoms with van der Waals surface area (Å²) in [5.74, 6) is 8.22. The zero-order valence-corrected chi connectivity index (χ0v) is 19.1. The number of rotatable bonds is 5. The molecule has 1 aliphatic heterocycles. The fourth-order valence-electron chi connectivity index (χ4n) is 3.73. The van der Waals surface area contributed by atoms with Gasteiger partial charge in [-0.05, 0) is 69.2 Å². The first-order valence-electron chi connectivity index (χ1n) is 10.7. The highest BCUT2D eigenvalue weighted by Crippen LogP contribution is 2.34. The van der Waals surface area contributed by atoms with Crippen molar-refractivity contribution in [2.45, 2.75) is 37.2 Å². The summed E-state index contributed by atoms with van der Waals surface area (Å²) in [5.41, 5.74) is -0.342. The van der Waals surface area contributed by atoms with Crippen LogP contribution >= 0.6 is 0 Å². The fourth-order valence-corrected chi connectivity index (χ4v) is 6.23. The maximum Gasteiger partial charge on any atom is 0.345 e. The predicted octanol–water partition coefficient (Wildman–Crippen LogP) is 5.50. The van der Waals surface area contributed by atoms with Crippen molar-refractivity contribution < 1.29 is 18.7 Å². The third-order valence-corrected chi connectivity index (χ3v) is 7.79. The molecule has 0 unspecified atom stereocenters. The van der Waals surface area contributed by atoms with Crippen LogP contribution in [0.4, 0.5) is 4.39 Å². The lowest BCUT2D eigenvalue weighted by Crippen LogP contribution is -2.29. The molecule has 4 rings (SSSR count). The van der Waals surface area contributed by atoms with E-state index < -0.39 is 11.6 Å². The SMILES string of the molecule is CC(C)(C#Cc1ccc(F)cc1)OC(=O)COc1ccc([S+]2CCCC2)c2ccccc12. The second kappa shape index (κ2) is 9.67. The molecule has 1 fully saturated rings. The van der Waals surface area contributed by atoms with E-state index in [1.807, 2.05) is 24.3 Å². The molecule has 0 aromatic heterocycles. The van der Waals surface area contributed by atoms with Gasteiger partial charge in [-0.25, -0.2) is 9.18 Å². The number of carbonyl (C=O) groups is 1. The second-order valence-electron chi connectivity index (χ2n) is 8.25. The summed E-state index contributed by atoms with van der Waals surface area (Å²) in [6.45, 7) is 3.24. The molecule has 3 aromatic rings. The Balaban J connectivity index is 1.43. The monoisotopic (exact) mass is 449 g/mol. The van der Waals surface area contributed by atoms with Gasteiger partial charge in [0.05, 0.1) is 0 Å². The highest BCUT2D eigenvalue weighted by Gasteiger charge is 2.29. The molecule has 0 atom stereocenters. The summed E-state index contributed by atoms with van der Waals surface area (Å²) >= 11 is 0. The van der Waals surface area contributed by atoms with Gasteiger partial charge in [0.15, 0.2) is 17.1 Å². The largest absolute Gasteiger partial charge is 0.481 e. The average molecular weight is 450 g/mol. The number of ether oxygens (including phenoxy) is 2. The van der Waals surface area contributed by atoms with Crippen LogP contribution in [0, 0.1) is 17.7 Å². The molecule has 0 amide bonds. The molecular weight excluding hydrogens is 423 g/mol. The molecule has 0 bridgehead atoms. The Morgan fingerprint density at radius 3 is 2.41 bits per heavy atom. The van der Waals surface area contributed by atoms with Crippen molar-refractivity contribution in [2.24, 2.45) is 0 Å². The van der Waals surface area contributed by atoms with Gasteiger partial charge in [-0.2, -0.15) is 0 Å². The van der Waals surface area contributed by atoms with Gasteiger partial charge in [0.2, 0.25) is 0 Å². The van der Waals surface area contributed by atoms with Crippen molar-refractivity contribution in [1.29, 1.82) is 0 Å². The van der Waals surface area contributed by atoms with Gasteiger partial charge < -0.3 is 9.47 Å². The molecule has 32 heavy (non-hydrogen) atoms. The van der Waals surface area contributed by atoms with Crippen LogP contribution in [0.2, 0.25) is 0 Å². The number of hydrogen-bond acceptors (Lipinski definition) is 3. The summed E-state index contributed by atoms with van der Waals surface area (Å²) in [5, 5.41) is 2.22. The minimum Gasteiger partial charge on any atom is -0.481 e. The zero-order valence-electron chi connectivity index (χ0n) is 18.3. The molecule has 0 N–H and O–H groups in total. The third kappa shape index (κ3) is 5.44. The minimum atomic E-state index is -0.996. The lowest BCUT2D eigenvalue weighted by atomic mass is 10.1. The van der Waals surface area contributed by atoms with Gasteiger partial charge in [0.25, 0.3) is 0 Å². The van der Waals surface area contributed by atoms with Crippen LogP contribution in [0.25, 0.3) is 10.8 Å². The Hall–Kier alpha value is -2.97. The molecule has 0 spiro atoms. The van der Waals surface area contributed by atoms with E-state index in [1.165, 1.54) is 46.8 Å². The molecule has 0 saturated carbocycles. The van der Waals surface area contributed by atoms with Crippen molar-refractivity contribution in [3.8, 4) is 17.6 Å². The first-order chi connectivity index (χ1) is 15.4. The van der Waals surface area contributed by atoms with Crippen LogP contribution in [0.3, 0.4) is 0 Å². The number of fused-ring (bicyclic) bond motifs is 1. The summed E-state index contributed by atoms with van der Waals surface area (Å²) in [7, 11) is 0.298. The molecule has 3 aromatic carbocycles. The molecule has 0 aliphatic carbocycles. The Bertz CT molecular complexity index is 1170. The summed E-state index contributed by atoms with van der Waals surface area (Å²) in [6, 6.07) is 18.2. The normalized spacial score (nSPS) is 14.1. The van der Waals surface area contributed by atoms with Gasteiger partial charge >= 0.3 is 5.97 Å². The highest BCUT2D eigenvalue weighted by molar-refractivity contribution is 7.97. The minimum absolute atomic E-state index is 0.198. The van der Waals surface area contributed by atoms with Crippen LogP contribution in [0.1, 0.15) is 32.3 Å². The molecular formula is C27H26FO3S+. The van der Waals surface area contributed by atoms with E-state index in [0.717, 1.165) is 5.39 Å². The van der Waals surface area contributed by atoms with Gasteiger partial charge in [-0.3, -0.25) is 0 Å². The lowest BCUT2D eigenvalue weighted by Gasteiger charge is -2.19. The van der Waals surface area contributed by atoms with Crippen molar-refractivity contribution in [2.75, 3.05) is 18.1 Å². The summed E-state index contributed by atoms with van der Waals surface area (Å²) in [4.78, 5) is 13.8. The number of carbonyl (C=O) groups excluding carboxylic acids is 1. The van der Waals surface area contributed by atoms with E-state index in [0.29, 0.717) is 22.2 Å². The lowest BCUT2D eigenvalue weighted by molar-refractivity contribution is -0.154. The molecule has 1 aliphatic rings. The number of hydrogen-bond donors (Lipinski definition) is 0. The van der Waals surface area contributed by atoms with Crippen LogP contribution in [0.15, 0.2) is 65.6 Å². The van der Waals surface area contributed by atoms with E-state index >= 15 is 0 Å². The van der Waals surface area contributed by atoms with E-state index in [9.17, 15) is 9.18 Å². The first-order valence-corrected chi connectivity index (χ1v) is 12.3. The molecule has 1 heterocycles. The van der Waals surface area contributed by atoms with E-state index in [-0.39, 0.29) is 12.4 Å². The average Bonchev–Trinajstić information content (AvgIpc) is 3.31. The Kier molecular flexibility index (Phi) is 6.72. The number of benzene rings is 3. The van der Waals surface area contributed by atoms with Crippen LogP contribution in [-0.4, -0.2) is 29.7 Å². The van der Waals surface area contributed by atoms with Crippen molar-refractivity contribution in [1.82, 2.24) is 0 Å². The van der Waals surface area contributed by atoms with E-state index in [1.54, 1.807) is 26.0 Å². The maximum absolute atomic E-state index is 13.0. The number of halogens is 1. The van der Waals surface area contributed by atoms with Gasteiger partial charge in [0.1, 0.15) is 23.1 Å². The number of esters is 1. The second-order valence-corrected chi connectivity index (χ2v) is 10.5. The summed E-state index contributed by atoms with van der Waals surface area (Å²) < 4.78 is 24.4. The molecule has 164 valence electrons. The van der Waals surface area contributed by atoms with Crippen molar-refractivity contribution in [3.63, 3.8) is 0 Å². The third-order valence-electron chi connectivity index (χ3n) is 5.25. The molecule has 5 heteroatoms. The van der Waals surface area contributed by atoms with Crippen molar-refractivity contribution >= 4 is 27.6 Å². The molecule has 3 nitrogen and oxygen atoms in total. The zero-order chi connectivity index (χ0) is 22.6. The first kappa shape index (κ1) is 22.2. The standard InChI is InChI=1S/C27H26FO3S/c1-27(2,16-15-20-9-11-21(28)12-10-20)31-26(29)19-30-24-13-14-25(32-17-5-6-18-32)23-8-4-3-7-22(23)24/h3-4,7-14H,5-6,17-19H2,1-2H3/q+1. The fraction of sp³-hybridized carbons (Fsp3) is 0.296. The van der Waals surface area contributed by atoms with Gasteiger partial charge in [0, 0.05) is 27.2 Å². The maximum atomic E-state index is 13.0. The van der Waals surface area contributed by atoms with Crippen molar-refractivity contribution in [3.05, 3.63) is 72.0 Å². The Labute approximate surface area is 191 Å². The quantitative estimate of drug-likeness (QED) is 0.293. The molecule has 0 radical (unpaired) electrons. The Morgan fingerprint density at radius 1 is 1.00 bits per heavy atom. The van der Waals surface area contributed by atoms with E-state index in [2.05, 4.69) is 24.0 Å². The highest BCUT2D eigenvalue weighted by atomic mass is 32.2. The van der Waals surface area contributed by atoms with Gasteiger partial charge in [-0.1, -0.05) is 30.0 Å². The predicted molar refractivity (Wildman–Crippen MR) is 127 cm³/mol. The van der Waals surface area contributed by atoms with Crippen LogP contribution < -0.4 is 4.74 Å². The van der Waals surface area contributed by atoms with Gasteiger partial charge in [-0.15, -0.1) is 0 Å². The smallest absolute Gasteiger partial charge is 0.345 e. The summed E-state index contributed by atoms with van der Waals surface area (Å²) in [6.07, 6.45) is 2.59.